The molecule has 0 aromatic heterocycles. The Kier molecular flexibility index (Phi) is 6.05. The number of carbonyl (C=O) groups is 1. The van der Waals surface area contributed by atoms with E-state index in [1.54, 1.807) is 18.2 Å². The molecule has 5 heteroatoms. The monoisotopic (exact) mass is 394 g/mol. The van der Waals surface area contributed by atoms with Gasteiger partial charge in [-0.3, -0.25) is 9.69 Å². The zero-order valence-corrected chi connectivity index (χ0v) is 17.3. The molecule has 2 aliphatic rings. The summed E-state index contributed by atoms with van der Waals surface area (Å²) in [5, 5.41) is 3.06. The summed E-state index contributed by atoms with van der Waals surface area (Å²) in [7, 11) is 0. The number of likely N-dealkylation sites (tertiary alicyclic amines) is 1. The van der Waals surface area contributed by atoms with Crippen molar-refractivity contribution in [2.45, 2.75) is 33.4 Å². The largest absolute Gasteiger partial charge is 0.486 e. The van der Waals surface area contributed by atoms with Gasteiger partial charge in [-0.15, -0.1) is 0 Å². The summed E-state index contributed by atoms with van der Waals surface area (Å²) < 4.78 is 11.1. The zero-order valence-electron chi connectivity index (χ0n) is 17.3. The highest BCUT2D eigenvalue weighted by Crippen LogP contribution is 2.30. The van der Waals surface area contributed by atoms with Crippen molar-refractivity contribution < 1.29 is 14.3 Å². The molecule has 1 N–H and O–H groups in total. The van der Waals surface area contributed by atoms with Crippen LogP contribution >= 0.6 is 0 Å². The minimum atomic E-state index is -0.100. The molecule has 0 radical (unpaired) electrons. The Bertz CT molecular complexity index is 857. The number of ether oxygens (including phenoxy) is 2. The van der Waals surface area contributed by atoms with Gasteiger partial charge in [0.25, 0.3) is 5.91 Å². The maximum Gasteiger partial charge on any atom is 0.251 e. The van der Waals surface area contributed by atoms with Gasteiger partial charge >= 0.3 is 0 Å². The number of fused-ring (bicyclic) bond motifs is 1. The number of piperidine rings is 1. The molecule has 0 spiro atoms. The Labute approximate surface area is 173 Å². The first-order chi connectivity index (χ1) is 14.1. The van der Waals surface area contributed by atoms with Crippen LogP contribution in [-0.4, -0.2) is 37.1 Å². The van der Waals surface area contributed by atoms with Crippen LogP contribution in [0.5, 0.6) is 11.5 Å². The molecule has 0 saturated carbocycles. The number of carbonyl (C=O) groups excluding carboxylic acids is 1. The highest BCUT2D eigenvalue weighted by molar-refractivity contribution is 5.94. The lowest BCUT2D eigenvalue weighted by Crippen LogP contribution is -2.38. The number of nitrogens with one attached hydrogen (secondary N) is 1. The summed E-state index contributed by atoms with van der Waals surface area (Å²) in [5.74, 6) is 2.71. The van der Waals surface area contributed by atoms with Gasteiger partial charge < -0.3 is 14.8 Å². The van der Waals surface area contributed by atoms with E-state index in [0.717, 1.165) is 31.5 Å². The van der Waals surface area contributed by atoms with Crippen molar-refractivity contribution in [2.24, 2.45) is 11.8 Å². The third kappa shape index (κ3) is 4.91. The van der Waals surface area contributed by atoms with Gasteiger partial charge in [0.05, 0.1) is 0 Å². The summed E-state index contributed by atoms with van der Waals surface area (Å²) >= 11 is 0. The zero-order chi connectivity index (χ0) is 20.2. The van der Waals surface area contributed by atoms with Crippen LogP contribution in [0, 0.1) is 11.8 Å². The molecule has 5 nitrogen and oxygen atoms in total. The molecule has 2 aromatic rings. The van der Waals surface area contributed by atoms with Crippen LogP contribution in [0.1, 0.15) is 41.8 Å². The third-order valence-electron chi connectivity index (χ3n) is 5.70. The lowest BCUT2D eigenvalue weighted by atomic mass is 9.91. The molecule has 29 heavy (non-hydrogen) atoms. The topological polar surface area (TPSA) is 50.8 Å². The molecule has 2 atom stereocenters. The number of hydrogen-bond donors (Lipinski definition) is 1. The van der Waals surface area contributed by atoms with Crippen molar-refractivity contribution in [1.29, 1.82) is 0 Å². The van der Waals surface area contributed by atoms with Crippen LogP contribution in [0.2, 0.25) is 0 Å². The smallest absolute Gasteiger partial charge is 0.251 e. The van der Waals surface area contributed by atoms with E-state index < -0.39 is 0 Å². The fraction of sp³-hybridized carbons (Fsp3) is 0.458. The van der Waals surface area contributed by atoms with Gasteiger partial charge in [0.1, 0.15) is 13.2 Å². The van der Waals surface area contributed by atoms with Crippen LogP contribution in [0.4, 0.5) is 0 Å². The molecular weight excluding hydrogens is 364 g/mol. The molecule has 2 heterocycles. The highest BCUT2D eigenvalue weighted by atomic mass is 16.6. The molecule has 2 aromatic carbocycles. The van der Waals surface area contributed by atoms with Gasteiger partial charge in [-0.1, -0.05) is 38.1 Å². The number of hydrogen-bond acceptors (Lipinski definition) is 4. The molecule has 0 aliphatic carbocycles. The fourth-order valence-electron chi connectivity index (χ4n) is 4.51. The van der Waals surface area contributed by atoms with E-state index in [4.69, 9.17) is 9.47 Å². The normalized spacial score (nSPS) is 21.6. The van der Waals surface area contributed by atoms with E-state index in [9.17, 15) is 4.79 Å². The average Bonchev–Trinajstić information content (AvgIpc) is 2.72. The van der Waals surface area contributed by atoms with E-state index >= 15 is 0 Å². The SMILES string of the molecule is C[C@@H]1C[C@H](C)CN(Cc2ccccc2CNC(=O)c2ccc3c(c2)OCCO3)C1. The minimum absolute atomic E-state index is 0.100. The molecule has 154 valence electrons. The second-order valence-electron chi connectivity index (χ2n) is 8.45. The van der Waals surface area contributed by atoms with Gasteiger partial charge in [0, 0.05) is 31.7 Å². The van der Waals surface area contributed by atoms with Gasteiger partial charge in [-0.2, -0.15) is 0 Å². The van der Waals surface area contributed by atoms with Gasteiger partial charge in [0.2, 0.25) is 0 Å². The van der Waals surface area contributed by atoms with Gasteiger partial charge in [-0.05, 0) is 47.6 Å². The molecule has 0 unspecified atom stereocenters. The lowest BCUT2D eigenvalue weighted by molar-refractivity contribution is 0.0949. The third-order valence-corrected chi connectivity index (χ3v) is 5.70. The maximum absolute atomic E-state index is 12.7. The van der Waals surface area contributed by atoms with Crippen molar-refractivity contribution in [2.75, 3.05) is 26.3 Å². The van der Waals surface area contributed by atoms with E-state index in [-0.39, 0.29) is 5.91 Å². The van der Waals surface area contributed by atoms with Crippen molar-refractivity contribution >= 4 is 5.91 Å². The van der Waals surface area contributed by atoms with Crippen LogP contribution in [0.15, 0.2) is 42.5 Å². The quantitative estimate of drug-likeness (QED) is 0.837. The molecule has 1 saturated heterocycles. The van der Waals surface area contributed by atoms with Crippen molar-refractivity contribution in [3.8, 4) is 11.5 Å². The van der Waals surface area contributed by atoms with Crippen LogP contribution in [-0.2, 0) is 13.1 Å². The molecule has 1 amide bonds. The Hall–Kier alpha value is -2.53. The number of rotatable bonds is 5. The van der Waals surface area contributed by atoms with Gasteiger partial charge in [0.15, 0.2) is 11.5 Å². The number of nitrogens with zero attached hydrogens (tertiary/aromatic N) is 1. The Morgan fingerprint density at radius 2 is 1.69 bits per heavy atom. The highest BCUT2D eigenvalue weighted by Gasteiger charge is 2.22. The number of benzene rings is 2. The molecule has 0 bridgehead atoms. The summed E-state index contributed by atoms with van der Waals surface area (Å²) in [6.07, 6.45) is 1.31. The second-order valence-corrected chi connectivity index (χ2v) is 8.45. The Balaban J connectivity index is 1.40. The molecule has 2 aliphatic heterocycles. The summed E-state index contributed by atoms with van der Waals surface area (Å²) in [5.41, 5.74) is 3.05. The predicted octanol–water partition coefficient (Wildman–Crippen LogP) is 3.87. The predicted molar refractivity (Wildman–Crippen MR) is 113 cm³/mol. The first kappa shape index (κ1) is 19.8. The minimum Gasteiger partial charge on any atom is -0.486 e. The fourth-order valence-corrected chi connectivity index (χ4v) is 4.51. The van der Waals surface area contributed by atoms with E-state index in [1.807, 2.05) is 6.07 Å². The van der Waals surface area contributed by atoms with E-state index in [2.05, 4.69) is 42.3 Å². The number of amides is 1. The van der Waals surface area contributed by atoms with Gasteiger partial charge in [-0.25, -0.2) is 0 Å². The molecule has 4 rings (SSSR count). The lowest BCUT2D eigenvalue weighted by Gasteiger charge is -2.35. The Morgan fingerprint density at radius 1 is 1.00 bits per heavy atom. The average molecular weight is 395 g/mol. The van der Waals surface area contributed by atoms with Crippen LogP contribution < -0.4 is 14.8 Å². The molecule has 1 fully saturated rings. The standard InChI is InChI=1S/C24H30N2O3/c1-17-11-18(2)15-26(14-17)16-21-6-4-3-5-20(21)13-25-24(27)19-7-8-22-23(12-19)29-10-9-28-22/h3-8,12,17-18H,9-11,13-16H2,1-2H3,(H,25,27)/t17-,18+. The van der Waals surface area contributed by atoms with Crippen molar-refractivity contribution in [3.05, 3.63) is 59.2 Å². The van der Waals surface area contributed by atoms with Crippen molar-refractivity contribution in [3.63, 3.8) is 0 Å². The maximum atomic E-state index is 12.7. The first-order valence-electron chi connectivity index (χ1n) is 10.6. The first-order valence-corrected chi connectivity index (χ1v) is 10.6. The summed E-state index contributed by atoms with van der Waals surface area (Å²) in [6.45, 7) is 9.46. The van der Waals surface area contributed by atoms with Crippen LogP contribution in [0.25, 0.3) is 0 Å². The second kappa shape index (κ2) is 8.87. The summed E-state index contributed by atoms with van der Waals surface area (Å²) in [6, 6.07) is 13.7. The van der Waals surface area contributed by atoms with E-state index in [0.29, 0.717) is 36.8 Å². The molecular formula is C24H30N2O3. The van der Waals surface area contributed by atoms with Crippen LogP contribution in [0.3, 0.4) is 0 Å². The van der Waals surface area contributed by atoms with Crippen molar-refractivity contribution in [1.82, 2.24) is 10.2 Å². The summed E-state index contributed by atoms with van der Waals surface area (Å²) in [4.78, 5) is 15.2. The van der Waals surface area contributed by atoms with E-state index in [1.165, 1.54) is 17.5 Å². The Morgan fingerprint density at radius 3 is 2.45 bits per heavy atom.